The molecular weight excluding hydrogens is 242 g/mol. The molecule has 0 spiro atoms. The number of aliphatic hydroxyl groups excluding tert-OH is 1. The molecule has 2 N–H and O–H groups in total. The Morgan fingerprint density at radius 1 is 1.42 bits per heavy atom. The van der Waals surface area contributed by atoms with Gasteiger partial charge in [-0.1, -0.05) is 12.1 Å². The fraction of sp³-hybridized carbons (Fsp3) is 0.846. The molecule has 2 heterocycles. The van der Waals surface area contributed by atoms with Crippen molar-refractivity contribution in [2.75, 3.05) is 32.8 Å². The number of hydrogen-bond donors (Lipinski definition) is 2. The highest BCUT2D eigenvalue weighted by atomic mass is 16.3. The molecule has 6 nitrogen and oxygen atoms in total. The summed E-state index contributed by atoms with van der Waals surface area (Å²) in [6.45, 7) is 8.36. The van der Waals surface area contributed by atoms with Crippen molar-refractivity contribution in [3.8, 4) is 0 Å². The van der Waals surface area contributed by atoms with Crippen LogP contribution in [0.1, 0.15) is 25.5 Å². The molecule has 0 aromatic carbocycles. The smallest absolute Gasteiger partial charge is 0.0964 e. The first-order valence-corrected chi connectivity index (χ1v) is 7.21. The fourth-order valence-corrected chi connectivity index (χ4v) is 2.55. The molecular formula is C13H25N5O. The van der Waals surface area contributed by atoms with Crippen LogP contribution < -0.4 is 5.32 Å². The molecule has 1 aromatic rings. The summed E-state index contributed by atoms with van der Waals surface area (Å²) in [6.07, 6.45) is 4.59. The number of likely N-dealkylation sites (tertiary alicyclic amines) is 1. The standard InChI is InChI=1S/C13H25N5O/c1-12(10-17-4-2-3-5-17)8-14-9-13-11-18(6-7-19)16-15-13/h11-12,14,19H,2-10H2,1H3. The number of nitrogens with one attached hydrogen (secondary N) is 1. The molecule has 19 heavy (non-hydrogen) atoms. The first kappa shape index (κ1) is 14.4. The predicted octanol–water partition coefficient (Wildman–Crippen LogP) is 0.0919. The maximum absolute atomic E-state index is 8.80. The van der Waals surface area contributed by atoms with Gasteiger partial charge in [0.25, 0.3) is 0 Å². The maximum Gasteiger partial charge on any atom is 0.0964 e. The number of rotatable bonds is 8. The Labute approximate surface area is 114 Å². The molecule has 1 aliphatic heterocycles. The van der Waals surface area contributed by atoms with Crippen LogP contribution in [0.2, 0.25) is 0 Å². The van der Waals surface area contributed by atoms with Crippen LogP contribution in [0.15, 0.2) is 6.20 Å². The van der Waals surface area contributed by atoms with Crippen LogP contribution in [0, 0.1) is 5.92 Å². The molecule has 0 aliphatic carbocycles. The molecule has 1 saturated heterocycles. The van der Waals surface area contributed by atoms with Gasteiger partial charge in [-0.25, -0.2) is 4.68 Å². The van der Waals surface area contributed by atoms with Gasteiger partial charge in [0.2, 0.25) is 0 Å². The van der Waals surface area contributed by atoms with E-state index in [9.17, 15) is 0 Å². The summed E-state index contributed by atoms with van der Waals surface area (Å²) in [4.78, 5) is 2.55. The lowest BCUT2D eigenvalue weighted by Gasteiger charge is -2.20. The van der Waals surface area contributed by atoms with Gasteiger partial charge in [0.15, 0.2) is 0 Å². The minimum absolute atomic E-state index is 0.100. The highest BCUT2D eigenvalue weighted by Crippen LogP contribution is 2.09. The van der Waals surface area contributed by atoms with Gasteiger partial charge in [-0.15, -0.1) is 5.10 Å². The van der Waals surface area contributed by atoms with Gasteiger partial charge < -0.3 is 15.3 Å². The molecule has 108 valence electrons. The second-order valence-electron chi connectivity index (χ2n) is 5.44. The molecule has 1 unspecified atom stereocenters. The minimum Gasteiger partial charge on any atom is -0.394 e. The lowest BCUT2D eigenvalue weighted by atomic mass is 10.1. The van der Waals surface area contributed by atoms with Gasteiger partial charge in [-0.3, -0.25) is 0 Å². The fourth-order valence-electron chi connectivity index (χ4n) is 2.55. The Balaban J connectivity index is 1.61. The van der Waals surface area contributed by atoms with Crippen LogP contribution in [-0.2, 0) is 13.1 Å². The third kappa shape index (κ3) is 4.89. The van der Waals surface area contributed by atoms with Gasteiger partial charge in [0.05, 0.1) is 18.8 Å². The van der Waals surface area contributed by atoms with Gasteiger partial charge in [-0.05, 0) is 38.4 Å². The average molecular weight is 267 g/mol. The number of nitrogens with zero attached hydrogens (tertiary/aromatic N) is 4. The quantitative estimate of drug-likeness (QED) is 0.699. The van der Waals surface area contributed by atoms with E-state index >= 15 is 0 Å². The second-order valence-corrected chi connectivity index (χ2v) is 5.44. The van der Waals surface area contributed by atoms with E-state index in [0.29, 0.717) is 12.5 Å². The third-order valence-electron chi connectivity index (χ3n) is 3.48. The first-order valence-electron chi connectivity index (χ1n) is 7.21. The lowest BCUT2D eigenvalue weighted by Crippen LogP contribution is -2.31. The van der Waals surface area contributed by atoms with Crippen LogP contribution in [0.25, 0.3) is 0 Å². The molecule has 0 bridgehead atoms. The van der Waals surface area contributed by atoms with Crippen LogP contribution in [0.4, 0.5) is 0 Å². The van der Waals surface area contributed by atoms with Crippen molar-refractivity contribution >= 4 is 0 Å². The van der Waals surface area contributed by atoms with Crippen LogP contribution in [0.5, 0.6) is 0 Å². The largest absolute Gasteiger partial charge is 0.394 e. The Hall–Kier alpha value is -0.980. The lowest BCUT2D eigenvalue weighted by molar-refractivity contribution is 0.268. The Morgan fingerprint density at radius 2 is 2.21 bits per heavy atom. The normalized spacial score (nSPS) is 18.0. The van der Waals surface area contributed by atoms with Crippen LogP contribution in [-0.4, -0.2) is 57.8 Å². The average Bonchev–Trinajstić information content (AvgIpc) is 3.02. The second kappa shape index (κ2) is 7.57. The monoisotopic (exact) mass is 267 g/mol. The van der Waals surface area contributed by atoms with E-state index in [-0.39, 0.29) is 6.61 Å². The zero-order valence-corrected chi connectivity index (χ0v) is 11.8. The molecule has 1 aromatic heterocycles. The molecule has 1 atom stereocenters. The molecule has 6 heteroatoms. The van der Waals surface area contributed by atoms with Crippen molar-refractivity contribution < 1.29 is 5.11 Å². The van der Waals surface area contributed by atoms with Crippen molar-refractivity contribution in [2.24, 2.45) is 5.92 Å². The zero-order valence-electron chi connectivity index (χ0n) is 11.8. The summed E-state index contributed by atoms with van der Waals surface area (Å²) < 4.78 is 1.67. The van der Waals surface area contributed by atoms with E-state index in [1.54, 1.807) is 4.68 Å². The number of aliphatic hydroxyl groups is 1. The Morgan fingerprint density at radius 3 is 2.95 bits per heavy atom. The first-order chi connectivity index (χ1) is 9.28. The van der Waals surface area contributed by atoms with Crippen molar-refractivity contribution in [2.45, 2.75) is 32.9 Å². The van der Waals surface area contributed by atoms with Gasteiger partial charge >= 0.3 is 0 Å². The van der Waals surface area contributed by atoms with Crippen molar-refractivity contribution in [3.05, 3.63) is 11.9 Å². The highest BCUT2D eigenvalue weighted by molar-refractivity contribution is 4.91. The molecule has 1 aliphatic rings. The summed E-state index contributed by atoms with van der Waals surface area (Å²) in [5, 5.41) is 20.2. The van der Waals surface area contributed by atoms with Crippen molar-refractivity contribution in [3.63, 3.8) is 0 Å². The van der Waals surface area contributed by atoms with E-state index < -0.39 is 0 Å². The van der Waals surface area contributed by atoms with Crippen molar-refractivity contribution in [1.82, 2.24) is 25.2 Å². The van der Waals surface area contributed by atoms with E-state index in [1.807, 2.05) is 6.20 Å². The van der Waals surface area contributed by atoms with Gasteiger partial charge in [0.1, 0.15) is 0 Å². The molecule has 0 radical (unpaired) electrons. The van der Waals surface area contributed by atoms with Gasteiger partial charge in [0, 0.05) is 19.3 Å². The summed E-state index contributed by atoms with van der Waals surface area (Å²) >= 11 is 0. The van der Waals surface area contributed by atoms with Crippen LogP contribution in [0.3, 0.4) is 0 Å². The summed E-state index contributed by atoms with van der Waals surface area (Å²) in [5.41, 5.74) is 0.932. The van der Waals surface area contributed by atoms with Crippen LogP contribution >= 0.6 is 0 Å². The molecule has 1 fully saturated rings. The maximum atomic E-state index is 8.80. The SMILES string of the molecule is CC(CNCc1cn(CCO)nn1)CN1CCCC1. The van der Waals surface area contributed by atoms with E-state index in [1.165, 1.54) is 32.5 Å². The predicted molar refractivity (Wildman–Crippen MR) is 73.7 cm³/mol. The number of aromatic nitrogens is 3. The summed E-state index contributed by atoms with van der Waals surface area (Å²) in [7, 11) is 0. The highest BCUT2D eigenvalue weighted by Gasteiger charge is 2.14. The van der Waals surface area contributed by atoms with Crippen molar-refractivity contribution in [1.29, 1.82) is 0 Å². The number of hydrogen-bond acceptors (Lipinski definition) is 5. The Bertz CT molecular complexity index is 362. The molecule has 0 amide bonds. The Kier molecular flexibility index (Phi) is 5.75. The third-order valence-corrected chi connectivity index (χ3v) is 3.48. The van der Waals surface area contributed by atoms with E-state index in [4.69, 9.17) is 5.11 Å². The van der Waals surface area contributed by atoms with E-state index in [0.717, 1.165) is 18.8 Å². The van der Waals surface area contributed by atoms with Gasteiger partial charge in [-0.2, -0.15) is 0 Å². The molecule has 2 rings (SSSR count). The molecule has 0 saturated carbocycles. The summed E-state index contributed by atoms with van der Waals surface area (Å²) in [5.74, 6) is 0.658. The minimum atomic E-state index is 0.100. The zero-order chi connectivity index (χ0) is 13.5. The topological polar surface area (TPSA) is 66.2 Å². The summed E-state index contributed by atoms with van der Waals surface area (Å²) in [6, 6.07) is 0. The van der Waals surface area contributed by atoms with E-state index in [2.05, 4.69) is 27.5 Å².